The predicted octanol–water partition coefficient (Wildman–Crippen LogP) is 1.12. The Hall–Kier alpha value is -0.910. The molecule has 102 valence electrons. The van der Waals surface area contributed by atoms with Crippen LogP contribution in [0.4, 0.5) is 0 Å². The highest BCUT2D eigenvalue weighted by molar-refractivity contribution is 4.90. The molecular formula is C13H23N3O2. The summed E-state index contributed by atoms with van der Waals surface area (Å²) in [6, 6.07) is 0. The summed E-state index contributed by atoms with van der Waals surface area (Å²) < 4.78 is 10.7. The summed E-state index contributed by atoms with van der Waals surface area (Å²) in [5.74, 6) is 0.715. The maximum Gasteiger partial charge on any atom is 0.180 e. The fourth-order valence-corrected chi connectivity index (χ4v) is 2.27. The summed E-state index contributed by atoms with van der Waals surface area (Å²) in [5.41, 5.74) is 0.935. The fraction of sp³-hybridized carbons (Fsp3) is 0.769. The van der Waals surface area contributed by atoms with Gasteiger partial charge in [-0.15, -0.1) is 0 Å². The molecule has 18 heavy (non-hydrogen) atoms. The van der Waals surface area contributed by atoms with E-state index in [0.29, 0.717) is 5.92 Å². The fourth-order valence-electron chi connectivity index (χ4n) is 2.27. The van der Waals surface area contributed by atoms with E-state index in [1.54, 1.807) is 6.26 Å². The van der Waals surface area contributed by atoms with Crippen LogP contribution in [0.3, 0.4) is 0 Å². The van der Waals surface area contributed by atoms with Crippen LogP contribution in [0.25, 0.3) is 0 Å². The molecule has 2 rings (SSSR count). The van der Waals surface area contributed by atoms with Crippen LogP contribution in [0, 0.1) is 5.92 Å². The van der Waals surface area contributed by atoms with E-state index in [1.165, 1.54) is 6.39 Å². The zero-order chi connectivity index (χ0) is 12.8. The molecule has 5 nitrogen and oxygen atoms in total. The molecule has 0 aromatic carbocycles. The summed E-state index contributed by atoms with van der Waals surface area (Å²) in [7, 11) is 0. The van der Waals surface area contributed by atoms with Crippen LogP contribution >= 0.6 is 0 Å². The Kier molecular flexibility index (Phi) is 5.16. The molecule has 0 bridgehead atoms. The standard InChI is InChI=1S/C13H23N3O2/c1-11(2)7-16-3-4-18-13(8-16)6-14-5-12-9-17-10-15-12/h9-11,13-14H,3-8H2,1-2H3. The van der Waals surface area contributed by atoms with Crippen LogP contribution in [0.15, 0.2) is 17.1 Å². The van der Waals surface area contributed by atoms with Gasteiger partial charge in [-0.1, -0.05) is 13.8 Å². The van der Waals surface area contributed by atoms with Crippen molar-refractivity contribution in [2.75, 3.05) is 32.8 Å². The molecule has 0 aliphatic carbocycles. The van der Waals surface area contributed by atoms with E-state index in [1.807, 2.05) is 0 Å². The zero-order valence-electron chi connectivity index (χ0n) is 11.3. The molecule has 1 aromatic rings. The Morgan fingerprint density at radius 3 is 3.17 bits per heavy atom. The highest BCUT2D eigenvalue weighted by Gasteiger charge is 2.20. The van der Waals surface area contributed by atoms with Crippen molar-refractivity contribution in [2.24, 2.45) is 5.92 Å². The SMILES string of the molecule is CC(C)CN1CCOC(CNCc2cocn2)C1. The van der Waals surface area contributed by atoms with E-state index in [4.69, 9.17) is 9.15 Å². The maximum atomic E-state index is 5.76. The van der Waals surface area contributed by atoms with E-state index in [2.05, 4.69) is 29.0 Å². The number of morpholine rings is 1. The van der Waals surface area contributed by atoms with Gasteiger partial charge in [0.1, 0.15) is 6.26 Å². The minimum absolute atomic E-state index is 0.282. The second-order valence-corrected chi connectivity index (χ2v) is 5.26. The van der Waals surface area contributed by atoms with E-state index in [-0.39, 0.29) is 6.10 Å². The van der Waals surface area contributed by atoms with Crippen molar-refractivity contribution in [3.8, 4) is 0 Å². The number of hydrogen-bond acceptors (Lipinski definition) is 5. The first kappa shape index (κ1) is 13.5. The molecule has 1 aliphatic rings. The van der Waals surface area contributed by atoms with E-state index < -0.39 is 0 Å². The molecule has 0 saturated carbocycles. The molecule has 1 atom stereocenters. The maximum absolute atomic E-state index is 5.76. The van der Waals surface area contributed by atoms with E-state index in [0.717, 1.165) is 45.0 Å². The van der Waals surface area contributed by atoms with Gasteiger partial charge in [0, 0.05) is 32.7 Å². The first-order valence-corrected chi connectivity index (χ1v) is 6.66. The smallest absolute Gasteiger partial charge is 0.180 e. The predicted molar refractivity (Wildman–Crippen MR) is 69.2 cm³/mol. The monoisotopic (exact) mass is 253 g/mol. The second-order valence-electron chi connectivity index (χ2n) is 5.26. The quantitative estimate of drug-likeness (QED) is 0.823. The van der Waals surface area contributed by atoms with Gasteiger partial charge in [-0.25, -0.2) is 4.98 Å². The van der Waals surface area contributed by atoms with E-state index >= 15 is 0 Å². The average molecular weight is 253 g/mol. The highest BCUT2D eigenvalue weighted by Crippen LogP contribution is 2.07. The summed E-state index contributed by atoms with van der Waals surface area (Å²) in [6.45, 7) is 10.2. The number of ether oxygens (including phenoxy) is 1. The van der Waals surface area contributed by atoms with Gasteiger partial charge in [-0.3, -0.25) is 4.90 Å². The molecule has 0 radical (unpaired) electrons. The van der Waals surface area contributed by atoms with Gasteiger partial charge in [0.2, 0.25) is 0 Å². The van der Waals surface area contributed by atoms with Crippen LogP contribution in [0.5, 0.6) is 0 Å². The lowest BCUT2D eigenvalue weighted by Crippen LogP contribution is -2.47. The molecule has 5 heteroatoms. The normalized spacial score (nSPS) is 21.6. The summed E-state index contributed by atoms with van der Waals surface area (Å²) in [5, 5.41) is 3.36. The van der Waals surface area contributed by atoms with Crippen LogP contribution in [-0.4, -0.2) is 48.8 Å². The van der Waals surface area contributed by atoms with Crippen LogP contribution in [0.2, 0.25) is 0 Å². The Morgan fingerprint density at radius 1 is 1.56 bits per heavy atom. The van der Waals surface area contributed by atoms with Gasteiger partial charge in [0.05, 0.1) is 18.4 Å². The van der Waals surface area contributed by atoms with Crippen molar-refractivity contribution >= 4 is 0 Å². The van der Waals surface area contributed by atoms with Crippen molar-refractivity contribution in [3.05, 3.63) is 18.4 Å². The first-order valence-electron chi connectivity index (χ1n) is 6.66. The summed E-state index contributed by atoms with van der Waals surface area (Å²) in [4.78, 5) is 6.56. The molecule has 1 unspecified atom stereocenters. The van der Waals surface area contributed by atoms with Crippen molar-refractivity contribution in [1.82, 2.24) is 15.2 Å². The molecule has 0 amide bonds. The van der Waals surface area contributed by atoms with Gasteiger partial charge in [-0.2, -0.15) is 0 Å². The Labute approximate surface area is 109 Å². The average Bonchev–Trinajstić information content (AvgIpc) is 2.82. The van der Waals surface area contributed by atoms with Gasteiger partial charge < -0.3 is 14.5 Å². The molecule has 1 fully saturated rings. The van der Waals surface area contributed by atoms with Crippen molar-refractivity contribution < 1.29 is 9.15 Å². The number of nitrogens with zero attached hydrogens (tertiary/aromatic N) is 2. The van der Waals surface area contributed by atoms with E-state index in [9.17, 15) is 0 Å². The van der Waals surface area contributed by atoms with Crippen molar-refractivity contribution in [3.63, 3.8) is 0 Å². The van der Waals surface area contributed by atoms with Gasteiger partial charge in [-0.05, 0) is 5.92 Å². The minimum atomic E-state index is 0.282. The number of oxazole rings is 1. The third-order valence-corrected chi connectivity index (χ3v) is 3.01. The molecule has 1 aliphatic heterocycles. The van der Waals surface area contributed by atoms with Gasteiger partial charge in [0.15, 0.2) is 6.39 Å². The number of aromatic nitrogens is 1. The van der Waals surface area contributed by atoms with Crippen LogP contribution in [0.1, 0.15) is 19.5 Å². The molecule has 2 heterocycles. The lowest BCUT2D eigenvalue weighted by Gasteiger charge is -2.34. The molecule has 0 spiro atoms. The van der Waals surface area contributed by atoms with Gasteiger partial charge >= 0.3 is 0 Å². The minimum Gasteiger partial charge on any atom is -0.451 e. The topological polar surface area (TPSA) is 50.5 Å². The summed E-state index contributed by atoms with van der Waals surface area (Å²) >= 11 is 0. The third kappa shape index (κ3) is 4.40. The largest absolute Gasteiger partial charge is 0.451 e. The second kappa shape index (κ2) is 6.87. The molecule has 1 N–H and O–H groups in total. The van der Waals surface area contributed by atoms with Gasteiger partial charge in [0.25, 0.3) is 0 Å². The number of rotatable bonds is 6. The third-order valence-electron chi connectivity index (χ3n) is 3.01. The summed E-state index contributed by atoms with van der Waals surface area (Å²) in [6.07, 6.45) is 3.41. The zero-order valence-corrected chi connectivity index (χ0v) is 11.3. The Morgan fingerprint density at radius 2 is 2.44 bits per heavy atom. The highest BCUT2D eigenvalue weighted by atomic mass is 16.5. The number of nitrogens with one attached hydrogen (secondary N) is 1. The Bertz CT molecular complexity index is 327. The van der Waals surface area contributed by atoms with Crippen molar-refractivity contribution in [1.29, 1.82) is 0 Å². The lowest BCUT2D eigenvalue weighted by molar-refractivity contribution is -0.0303. The van der Waals surface area contributed by atoms with Crippen molar-refractivity contribution in [2.45, 2.75) is 26.5 Å². The molecule has 1 saturated heterocycles. The van der Waals surface area contributed by atoms with Crippen LogP contribution in [-0.2, 0) is 11.3 Å². The lowest BCUT2D eigenvalue weighted by atomic mass is 10.2. The first-order chi connectivity index (χ1) is 8.74. The Balaban J connectivity index is 1.66. The number of hydrogen-bond donors (Lipinski definition) is 1. The van der Waals surface area contributed by atoms with Crippen LogP contribution < -0.4 is 5.32 Å². The molecular weight excluding hydrogens is 230 g/mol. The molecule has 1 aromatic heterocycles.